The van der Waals surface area contributed by atoms with Crippen LogP contribution in [0.15, 0.2) is 22.9 Å². The van der Waals surface area contributed by atoms with Gasteiger partial charge < -0.3 is 11.1 Å². The van der Waals surface area contributed by atoms with Gasteiger partial charge in [0.15, 0.2) is 0 Å². The number of nitrogens with one attached hydrogen (secondary N) is 1. The van der Waals surface area contributed by atoms with E-state index < -0.39 is 0 Å². The Bertz CT molecular complexity index is 424. The SMILES string of the molecule is Cl.NCC(NC(=O)c1cncc(Br)c1)C1CCCC1. The minimum Gasteiger partial charge on any atom is -0.348 e. The highest BCUT2D eigenvalue weighted by Gasteiger charge is 2.25. The molecule has 1 heterocycles. The molecular weight excluding hydrogens is 330 g/mol. The van der Waals surface area contributed by atoms with Crippen molar-refractivity contribution in [2.24, 2.45) is 11.7 Å². The molecule has 106 valence electrons. The average molecular weight is 349 g/mol. The number of amides is 1. The van der Waals surface area contributed by atoms with Crippen LogP contribution in [0.1, 0.15) is 36.0 Å². The minimum absolute atomic E-state index is 0. The number of nitrogens with two attached hydrogens (primary N) is 1. The molecule has 1 aromatic rings. The molecule has 0 spiro atoms. The van der Waals surface area contributed by atoms with Gasteiger partial charge in [-0.15, -0.1) is 12.4 Å². The third-order valence-corrected chi connectivity index (χ3v) is 3.94. The zero-order chi connectivity index (χ0) is 13.0. The second kappa shape index (κ2) is 7.82. The molecule has 1 aromatic heterocycles. The molecule has 4 nitrogen and oxygen atoms in total. The van der Waals surface area contributed by atoms with Crippen LogP contribution in [0, 0.1) is 5.92 Å². The maximum Gasteiger partial charge on any atom is 0.253 e. The molecule has 1 fully saturated rings. The minimum atomic E-state index is -0.0915. The van der Waals surface area contributed by atoms with E-state index in [-0.39, 0.29) is 24.4 Å². The average Bonchev–Trinajstić information content (AvgIpc) is 2.89. The Hall–Kier alpha value is -0.650. The number of pyridine rings is 1. The fourth-order valence-electron chi connectivity index (χ4n) is 2.52. The first-order valence-corrected chi connectivity index (χ1v) is 7.11. The number of hydrogen-bond donors (Lipinski definition) is 2. The lowest BCUT2D eigenvalue weighted by molar-refractivity contribution is 0.0923. The van der Waals surface area contributed by atoms with Crippen LogP contribution in [-0.4, -0.2) is 23.5 Å². The molecule has 2 rings (SSSR count). The van der Waals surface area contributed by atoms with E-state index in [0.717, 1.165) is 4.47 Å². The standard InChI is InChI=1S/C13H18BrN3O.ClH/c14-11-5-10(7-16-8-11)13(18)17-12(6-15)9-3-1-2-4-9;/h5,7-9,12H,1-4,6,15H2,(H,17,18);1H. The van der Waals surface area contributed by atoms with Crippen LogP contribution in [0.2, 0.25) is 0 Å². The second-order valence-corrected chi connectivity index (χ2v) is 5.67. The van der Waals surface area contributed by atoms with E-state index in [2.05, 4.69) is 26.2 Å². The van der Waals surface area contributed by atoms with Crippen LogP contribution in [-0.2, 0) is 0 Å². The first kappa shape index (κ1) is 16.4. The van der Waals surface area contributed by atoms with Gasteiger partial charge in [-0.25, -0.2) is 0 Å². The molecule has 0 aliphatic heterocycles. The number of carbonyl (C=O) groups is 1. The molecule has 0 aromatic carbocycles. The highest BCUT2D eigenvalue weighted by atomic mass is 79.9. The Morgan fingerprint density at radius 2 is 2.16 bits per heavy atom. The Morgan fingerprint density at radius 1 is 1.47 bits per heavy atom. The Morgan fingerprint density at radius 3 is 2.74 bits per heavy atom. The summed E-state index contributed by atoms with van der Waals surface area (Å²) in [7, 11) is 0. The maximum atomic E-state index is 12.1. The lowest BCUT2D eigenvalue weighted by Crippen LogP contribution is -2.44. The topological polar surface area (TPSA) is 68.0 Å². The number of nitrogens with zero attached hydrogens (tertiary/aromatic N) is 1. The van der Waals surface area contributed by atoms with Gasteiger partial charge in [0, 0.05) is 29.5 Å². The molecule has 6 heteroatoms. The number of carbonyl (C=O) groups excluding carboxylic acids is 1. The highest BCUT2D eigenvalue weighted by Crippen LogP contribution is 2.27. The van der Waals surface area contributed by atoms with Gasteiger partial charge in [-0.2, -0.15) is 0 Å². The molecule has 1 amide bonds. The summed E-state index contributed by atoms with van der Waals surface area (Å²) in [6.07, 6.45) is 8.05. The Balaban J connectivity index is 0.00000180. The summed E-state index contributed by atoms with van der Waals surface area (Å²) in [6.45, 7) is 0.498. The van der Waals surface area contributed by atoms with Gasteiger partial charge in [0.05, 0.1) is 5.56 Å². The summed E-state index contributed by atoms with van der Waals surface area (Å²) >= 11 is 3.31. The van der Waals surface area contributed by atoms with Crippen LogP contribution >= 0.6 is 28.3 Å². The number of hydrogen-bond acceptors (Lipinski definition) is 3. The molecular formula is C13H19BrClN3O. The predicted octanol–water partition coefficient (Wildman–Crippen LogP) is 2.51. The van der Waals surface area contributed by atoms with E-state index in [4.69, 9.17) is 5.73 Å². The van der Waals surface area contributed by atoms with Gasteiger partial charge in [-0.3, -0.25) is 9.78 Å². The third kappa shape index (κ3) is 4.44. The van der Waals surface area contributed by atoms with Crippen molar-refractivity contribution < 1.29 is 4.79 Å². The fraction of sp³-hybridized carbons (Fsp3) is 0.538. The van der Waals surface area contributed by atoms with Crippen LogP contribution in [0.4, 0.5) is 0 Å². The van der Waals surface area contributed by atoms with Crippen molar-refractivity contribution in [1.29, 1.82) is 0 Å². The van der Waals surface area contributed by atoms with Gasteiger partial charge in [-0.1, -0.05) is 12.8 Å². The number of halogens is 2. The van der Waals surface area contributed by atoms with Crippen LogP contribution in [0.3, 0.4) is 0 Å². The van der Waals surface area contributed by atoms with Crippen LogP contribution in [0.5, 0.6) is 0 Å². The molecule has 1 aliphatic carbocycles. The number of aromatic nitrogens is 1. The quantitative estimate of drug-likeness (QED) is 0.878. The summed E-state index contributed by atoms with van der Waals surface area (Å²) in [5, 5.41) is 3.03. The van der Waals surface area contributed by atoms with Gasteiger partial charge >= 0.3 is 0 Å². The van der Waals surface area contributed by atoms with Crippen molar-refractivity contribution in [1.82, 2.24) is 10.3 Å². The van der Waals surface area contributed by atoms with E-state index in [1.807, 2.05) is 0 Å². The molecule has 1 aliphatic rings. The molecule has 1 saturated carbocycles. The molecule has 1 atom stereocenters. The van der Waals surface area contributed by atoms with Crippen molar-refractivity contribution in [2.75, 3.05) is 6.54 Å². The molecule has 3 N–H and O–H groups in total. The van der Waals surface area contributed by atoms with Gasteiger partial charge in [0.25, 0.3) is 5.91 Å². The Kier molecular flexibility index (Phi) is 6.75. The second-order valence-electron chi connectivity index (χ2n) is 4.75. The summed E-state index contributed by atoms with van der Waals surface area (Å²) < 4.78 is 0.806. The Labute approximate surface area is 128 Å². The third-order valence-electron chi connectivity index (χ3n) is 3.51. The lowest BCUT2D eigenvalue weighted by Gasteiger charge is -2.23. The zero-order valence-electron chi connectivity index (χ0n) is 10.6. The van der Waals surface area contributed by atoms with E-state index in [9.17, 15) is 4.79 Å². The molecule has 0 saturated heterocycles. The van der Waals surface area contributed by atoms with Crippen LogP contribution < -0.4 is 11.1 Å². The molecule has 19 heavy (non-hydrogen) atoms. The molecule has 0 radical (unpaired) electrons. The first-order valence-electron chi connectivity index (χ1n) is 6.32. The lowest BCUT2D eigenvalue weighted by atomic mass is 9.98. The van der Waals surface area contributed by atoms with Crippen molar-refractivity contribution >= 4 is 34.2 Å². The highest BCUT2D eigenvalue weighted by molar-refractivity contribution is 9.10. The normalized spacial score (nSPS) is 16.7. The van der Waals surface area contributed by atoms with Crippen molar-refractivity contribution in [3.8, 4) is 0 Å². The summed E-state index contributed by atoms with van der Waals surface area (Å²) in [5.41, 5.74) is 6.34. The van der Waals surface area contributed by atoms with Crippen molar-refractivity contribution in [3.05, 3.63) is 28.5 Å². The zero-order valence-corrected chi connectivity index (χ0v) is 13.0. The van der Waals surface area contributed by atoms with Crippen molar-refractivity contribution in [2.45, 2.75) is 31.7 Å². The van der Waals surface area contributed by atoms with E-state index in [0.29, 0.717) is 18.0 Å². The maximum absolute atomic E-state index is 12.1. The van der Waals surface area contributed by atoms with Gasteiger partial charge in [-0.05, 0) is 40.8 Å². The van der Waals surface area contributed by atoms with E-state index in [1.165, 1.54) is 25.7 Å². The van der Waals surface area contributed by atoms with E-state index >= 15 is 0 Å². The summed E-state index contributed by atoms with van der Waals surface area (Å²) in [6, 6.07) is 1.85. The fourth-order valence-corrected chi connectivity index (χ4v) is 2.88. The van der Waals surface area contributed by atoms with E-state index in [1.54, 1.807) is 18.5 Å². The molecule has 1 unspecified atom stereocenters. The predicted molar refractivity (Wildman–Crippen MR) is 81.5 cm³/mol. The largest absolute Gasteiger partial charge is 0.348 e. The monoisotopic (exact) mass is 347 g/mol. The summed E-state index contributed by atoms with van der Waals surface area (Å²) in [5.74, 6) is 0.435. The van der Waals surface area contributed by atoms with Crippen LogP contribution in [0.25, 0.3) is 0 Å². The van der Waals surface area contributed by atoms with Gasteiger partial charge in [0.1, 0.15) is 0 Å². The van der Waals surface area contributed by atoms with Crippen molar-refractivity contribution in [3.63, 3.8) is 0 Å². The molecule has 0 bridgehead atoms. The number of rotatable bonds is 4. The summed E-state index contributed by atoms with van der Waals surface area (Å²) in [4.78, 5) is 16.1. The first-order chi connectivity index (χ1) is 8.70. The smallest absolute Gasteiger partial charge is 0.253 e. The van der Waals surface area contributed by atoms with Gasteiger partial charge in [0.2, 0.25) is 0 Å².